The van der Waals surface area contributed by atoms with Crippen LogP contribution in [0.5, 0.6) is 0 Å². The zero-order chi connectivity index (χ0) is 13.1. The maximum atomic E-state index is 12.3. The summed E-state index contributed by atoms with van der Waals surface area (Å²) in [7, 11) is 0. The summed E-state index contributed by atoms with van der Waals surface area (Å²) >= 11 is 0. The maximum absolute atomic E-state index is 12.3. The molecule has 1 aliphatic rings. The number of carbonyl (C=O) groups excluding carboxylic acids is 1. The second-order valence-corrected chi connectivity index (χ2v) is 5.30. The molecule has 3 nitrogen and oxygen atoms in total. The Bertz CT molecular complexity index is 567. The normalized spacial score (nSPS) is 16.8. The van der Waals surface area contributed by atoms with E-state index in [1.807, 2.05) is 24.3 Å². The molecular weight excluding hydrogens is 238 g/mol. The number of nitrogens with one attached hydrogen (secondary N) is 1. The smallest absolute Gasteiger partial charge is 0.166 e. The van der Waals surface area contributed by atoms with E-state index in [4.69, 9.17) is 4.42 Å². The third-order valence-corrected chi connectivity index (χ3v) is 4.02. The lowest BCUT2D eigenvalue weighted by atomic mass is 9.91. The number of benzene rings is 1. The summed E-state index contributed by atoms with van der Waals surface area (Å²) in [5, 5.41) is 4.30. The molecule has 100 valence electrons. The molecule has 0 bridgehead atoms. The van der Waals surface area contributed by atoms with Crippen LogP contribution < -0.4 is 5.32 Å². The van der Waals surface area contributed by atoms with Crippen LogP contribution in [0.2, 0.25) is 0 Å². The summed E-state index contributed by atoms with van der Waals surface area (Å²) in [6, 6.07) is 7.73. The van der Waals surface area contributed by atoms with Gasteiger partial charge in [-0.1, -0.05) is 18.2 Å². The third kappa shape index (κ3) is 2.71. The lowest BCUT2D eigenvalue weighted by molar-refractivity contribution is 0.0971. The standard InChI is InChI=1S/C16H19NO2/c18-15(6-5-12-7-9-17-10-8-12)14-11-19-16-4-2-1-3-13(14)16/h1-4,11-12,17H,5-10H2. The summed E-state index contributed by atoms with van der Waals surface area (Å²) in [5.74, 6) is 0.909. The van der Waals surface area contributed by atoms with Gasteiger partial charge in [0.15, 0.2) is 5.78 Å². The van der Waals surface area contributed by atoms with Gasteiger partial charge in [-0.15, -0.1) is 0 Å². The molecule has 1 aliphatic heterocycles. The summed E-state index contributed by atoms with van der Waals surface area (Å²) in [6.07, 6.45) is 5.63. The summed E-state index contributed by atoms with van der Waals surface area (Å²) < 4.78 is 5.43. The molecule has 19 heavy (non-hydrogen) atoms. The fourth-order valence-electron chi connectivity index (χ4n) is 2.83. The number of piperidine rings is 1. The van der Waals surface area contributed by atoms with E-state index in [-0.39, 0.29) is 5.78 Å². The Labute approximate surface area is 113 Å². The molecule has 2 heterocycles. The van der Waals surface area contributed by atoms with E-state index in [1.54, 1.807) is 6.26 Å². The van der Waals surface area contributed by atoms with E-state index in [9.17, 15) is 4.79 Å². The topological polar surface area (TPSA) is 42.2 Å². The van der Waals surface area contributed by atoms with Crippen LogP contribution in [0, 0.1) is 5.92 Å². The molecule has 1 saturated heterocycles. The Morgan fingerprint density at radius 2 is 2.05 bits per heavy atom. The van der Waals surface area contributed by atoms with Gasteiger partial charge >= 0.3 is 0 Å². The second kappa shape index (κ2) is 5.57. The monoisotopic (exact) mass is 257 g/mol. The SMILES string of the molecule is O=C(CCC1CCNCC1)c1coc2ccccc12. The molecule has 0 saturated carbocycles. The predicted octanol–water partition coefficient (Wildman–Crippen LogP) is 3.40. The van der Waals surface area contributed by atoms with Crippen molar-refractivity contribution in [2.24, 2.45) is 5.92 Å². The molecule has 0 atom stereocenters. The molecule has 3 heteroatoms. The minimum atomic E-state index is 0.212. The molecule has 0 aliphatic carbocycles. The van der Waals surface area contributed by atoms with Crippen molar-refractivity contribution in [2.45, 2.75) is 25.7 Å². The Hall–Kier alpha value is -1.61. The van der Waals surface area contributed by atoms with Crippen molar-refractivity contribution < 1.29 is 9.21 Å². The molecule has 0 amide bonds. The molecule has 0 spiro atoms. The van der Waals surface area contributed by atoms with Gasteiger partial charge in [0.1, 0.15) is 11.8 Å². The van der Waals surface area contributed by atoms with Crippen LogP contribution in [0.1, 0.15) is 36.0 Å². The average molecular weight is 257 g/mol. The van der Waals surface area contributed by atoms with Crippen LogP contribution in [0.4, 0.5) is 0 Å². The van der Waals surface area contributed by atoms with Crippen molar-refractivity contribution in [2.75, 3.05) is 13.1 Å². The van der Waals surface area contributed by atoms with Crippen molar-refractivity contribution >= 4 is 16.8 Å². The number of carbonyl (C=O) groups is 1. The van der Waals surface area contributed by atoms with Crippen LogP contribution in [0.3, 0.4) is 0 Å². The van der Waals surface area contributed by atoms with Gasteiger partial charge in [-0.2, -0.15) is 0 Å². The Balaban J connectivity index is 1.66. The van der Waals surface area contributed by atoms with Crippen LogP contribution in [0.15, 0.2) is 34.9 Å². The van der Waals surface area contributed by atoms with Crippen molar-refractivity contribution in [3.63, 3.8) is 0 Å². The molecule has 3 rings (SSSR count). The van der Waals surface area contributed by atoms with E-state index in [0.717, 1.165) is 36.0 Å². The molecule has 1 aromatic carbocycles. The lowest BCUT2D eigenvalue weighted by Gasteiger charge is -2.21. The van der Waals surface area contributed by atoms with Gasteiger partial charge < -0.3 is 9.73 Å². The number of para-hydroxylation sites is 1. The van der Waals surface area contributed by atoms with Crippen LogP contribution in [-0.4, -0.2) is 18.9 Å². The molecule has 2 aromatic rings. The maximum Gasteiger partial charge on any atom is 0.166 e. The zero-order valence-corrected chi connectivity index (χ0v) is 11.0. The first-order chi connectivity index (χ1) is 9.34. The minimum absolute atomic E-state index is 0.212. The van der Waals surface area contributed by atoms with Crippen molar-refractivity contribution in [3.05, 3.63) is 36.1 Å². The first-order valence-electron chi connectivity index (χ1n) is 7.05. The summed E-state index contributed by atoms with van der Waals surface area (Å²) in [4.78, 5) is 12.3. The van der Waals surface area contributed by atoms with E-state index in [2.05, 4.69) is 5.32 Å². The number of hydrogen-bond acceptors (Lipinski definition) is 3. The molecule has 1 N–H and O–H groups in total. The highest BCUT2D eigenvalue weighted by Gasteiger charge is 2.17. The van der Waals surface area contributed by atoms with E-state index in [1.165, 1.54) is 12.8 Å². The number of hydrogen-bond donors (Lipinski definition) is 1. The number of Topliss-reactive ketones (excluding diaryl/α,β-unsaturated/α-hetero) is 1. The summed E-state index contributed by atoms with van der Waals surface area (Å²) in [6.45, 7) is 2.18. The Morgan fingerprint density at radius 3 is 2.89 bits per heavy atom. The molecule has 0 unspecified atom stereocenters. The van der Waals surface area contributed by atoms with Crippen molar-refractivity contribution in [1.82, 2.24) is 5.32 Å². The highest BCUT2D eigenvalue weighted by atomic mass is 16.3. The number of furan rings is 1. The van der Waals surface area contributed by atoms with Gasteiger partial charge in [-0.3, -0.25) is 4.79 Å². The molecule has 1 aromatic heterocycles. The Kier molecular flexibility index (Phi) is 3.65. The number of ketones is 1. The molecular formula is C16H19NO2. The Morgan fingerprint density at radius 1 is 1.26 bits per heavy atom. The first-order valence-corrected chi connectivity index (χ1v) is 7.05. The first kappa shape index (κ1) is 12.4. The lowest BCUT2D eigenvalue weighted by Crippen LogP contribution is -2.27. The molecule has 1 fully saturated rings. The highest BCUT2D eigenvalue weighted by Crippen LogP contribution is 2.24. The fourth-order valence-corrected chi connectivity index (χ4v) is 2.83. The van der Waals surface area contributed by atoms with Crippen LogP contribution in [0.25, 0.3) is 11.0 Å². The minimum Gasteiger partial charge on any atom is -0.464 e. The third-order valence-electron chi connectivity index (χ3n) is 4.02. The predicted molar refractivity (Wildman–Crippen MR) is 75.4 cm³/mol. The van der Waals surface area contributed by atoms with Gasteiger partial charge in [-0.05, 0) is 44.3 Å². The van der Waals surface area contributed by atoms with E-state index >= 15 is 0 Å². The largest absolute Gasteiger partial charge is 0.464 e. The highest BCUT2D eigenvalue weighted by molar-refractivity contribution is 6.07. The van der Waals surface area contributed by atoms with E-state index < -0.39 is 0 Å². The second-order valence-electron chi connectivity index (χ2n) is 5.30. The molecule has 0 radical (unpaired) electrons. The summed E-state index contributed by atoms with van der Waals surface area (Å²) in [5.41, 5.74) is 1.54. The van der Waals surface area contributed by atoms with Crippen LogP contribution >= 0.6 is 0 Å². The van der Waals surface area contributed by atoms with Crippen molar-refractivity contribution in [1.29, 1.82) is 0 Å². The van der Waals surface area contributed by atoms with Gasteiger partial charge in [0, 0.05) is 11.8 Å². The fraction of sp³-hybridized carbons (Fsp3) is 0.438. The number of fused-ring (bicyclic) bond motifs is 1. The van der Waals surface area contributed by atoms with Gasteiger partial charge in [0.25, 0.3) is 0 Å². The van der Waals surface area contributed by atoms with Gasteiger partial charge in [-0.25, -0.2) is 0 Å². The van der Waals surface area contributed by atoms with Gasteiger partial charge in [0.05, 0.1) is 5.56 Å². The number of rotatable bonds is 4. The zero-order valence-electron chi connectivity index (χ0n) is 11.0. The quantitative estimate of drug-likeness (QED) is 0.854. The van der Waals surface area contributed by atoms with Crippen molar-refractivity contribution in [3.8, 4) is 0 Å². The average Bonchev–Trinajstić information content (AvgIpc) is 2.90. The van der Waals surface area contributed by atoms with Gasteiger partial charge in [0.2, 0.25) is 0 Å². The van der Waals surface area contributed by atoms with E-state index in [0.29, 0.717) is 12.3 Å². The van der Waals surface area contributed by atoms with Crippen LogP contribution in [-0.2, 0) is 0 Å².